The van der Waals surface area contributed by atoms with E-state index in [2.05, 4.69) is 12.2 Å². The molecule has 0 radical (unpaired) electrons. The van der Waals surface area contributed by atoms with Crippen LogP contribution in [-0.2, 0) is 0 Å². The molecule has 0 unspecified atom stereocenters. The van der Waals surface area contributed by atoms with Gasteiger partial charge in [-0.25, -0.2) is 0 Å². The lowest BCUT2D eigenvalue weighted by Crippen LogP contribution is -2.55. The van der Waals surface area contributed by atoms with E-state index in [-0.39, 0.29) is 22.8 Å². The summed E-state index contributed by atoms with van der Waals surface area (Å²) in [6.07, 6.45) is 3.89. The number of hydrogen-bond acceptors (Lipinski definition) is 4. The summed E-state index contributed by atoms with van der Waals surface area (Å²) in [6.45, 7) is 2.64. The normalized spacial score (nSPS) is 25.4. The highest BCUT2D eigenvalue weighted by Gasteiger charge is 2.34. The van der Waals surface area contributed by atoms with Gasteiger partial charge in [0.05, 0.1) is 18.2 Å². The Balaban J connectivity index is 2.13. The Morgan fingerprint density at radius 1 is 1.48 bits per heavy atom. The van der Waals surface area contributed by atoms with Crippen LogP contribution in [0.5, 0.6) is 11.5 Å². The average molecular weight is 292 g/mol. The van der Waals surface area contributed by atoms with Gasteiger partial charge in [0, 0.05) is 12.6 Å². The maximum atomic E-state index is 12.4. The van der Waals surface area contributed by atoms with Gasteiger partial charge >= 0.3 is 0 Å². The second kappa shape index (κ2) is 6.35. The number of rotatable bonds is 4. The third-order valence-corrected chi connectivity index (χ3v) is 4.45. The molecular weight excluding hydrogens is 268 g/mol. The van der Waals surface area contributed by atoms with E-state index in [4.69, 9.17) is 10.5 Å². The summed E-state index contributed by atoms with van der Waals surface area (Å²) < 4.78 is 5.02. The lowest BCUT2D eigenvalue weighted by atomic mass is 9.77. The first-order valence-electron chi connectivity index (χ1n) is 7.39. The van der Waals surface area contributed by atoms with E-state index in [9.17, 15) is 9.90 Å². The van der Waals surface area contributed by atoms with E-state index in [0.29, 0.717) is 18.2 Å². The molecule has 1 amide bonds. The number of carbonyl (C=O) groups excluding carboxylic acids is 1. The number of amides is 1. The third kappa shape index (κ3) is 3.47. The SMILES string of the molecule is COc1ccc(C(=O)NC2(CN)CCC(C)CC2)c(O)c1. The zero-order valence-electron chi connectivity index (χ0n) is 12.7. The van der Waals surface area contributed by atoms with Crippen LogP contribution in [-0.4, -0.2) is 30.2 Å². The van der Waals surface area contributed by atoms with Crippen molar-refractivity contribution in [2.24, 2.45) is 11.7 Å². The maximum Gasteiger partial charge on any atom is 0.255 e. The molecule has 1 fully saturated rings. The minimum absolute atomic E-state index is 0.0804. The molecule has 0 saturated heterocycles. The van der Waals surface area contributed by atoms with Gasteiger partial charge in [0.15, 0.2) is 0 Å². The molecule has 5 heteroatoms. The molecule has 116 valence electrons. The van der Waals surface area contributed by atoms with Crippen molar-refractivity contribution >= 4 is 5.91 Å². The molecule has 0 bridgehead atoms. The van der Waals surface area contributed by atoms with Crippen LogP contribution in [0.3, 0.4) is 0 Å². The second-order valence-corrected chi connectivity index (χ2v) is 6.00. The molecular formula is C16H24N2O3. The second-order valence-electron chi connectivity index (χ2n) is 6.00. The summed E-state index contributed by atoms with van der Waals surface area (Å²) in [5.74, 6) is 0.832. The summed E-state index contributed by atoms with van der Waals surface area (Å²) >= 11 is 0. The maximum absolute atomic E-state index is 12.4. The first-order valence-corrected chi connectivity index (χ1v) is 7.39. The highest BCUT2D eigenvalue weighted by Crippen LogP contribution is 2.32. The highest BCUT2D eigenvalue weighted by atomic mass is 16.5. The summed E-state index contributed by atoms with van der Waals surface area (Å²) in [4.78, 5) is 12.4. The van der Waals surface area contributed by atoms with Crippen LogP contribution in [0.2, 0.25) is 0 Å². The molecule has 1 saturated carbocycles. The molecule has 0 atom stereocenters. The van der Waals surface area contributed by atoms with Crippen LogP contribution in [0.4, 0.5) is 0 Å². The number of methoxy groups -OCH3 is 1. The first-order chi connectivity index (χ1) is 9.99. The number of nitrogens with two attached hydrogens (primary N) is 1. The number of nitrogens with one attached hydrogen (secondary N) is 1. The minimum atomic E-state index is -0.351. The summed E-state index contributed by atoms with van der Waals surface area (Å²) in [6, 6.07) is 4.67. The van der Waals surface area contributed by atoms with Crippen molar-refractivity contribution < 1.29 is 14.6 Å². The number of hydrogen-bond donors (Lipinski definition) is 3. The summed E-state index contributed by atoms with van der Waals surface area (Å²) in [7, 11) is 1.52. The van der Waals surface area contributed by atoms with Crippen molar-refractivity contribution in [3.05, 3.63) is 23.8 Å². The van der Waals surface area contributed by atoms with Crippen molar-refractivity contribution in [2.45, 2.75) is 38.1 Å². The molecule has 1 aliphatic rings. The van der Waals surface area contributed by atoms with E-state index in [1.807, 2.05) is 0 Å². The van der Waals surface area contributed by atoms with E-state index in [0.717, 1.165) is 25.7 Å². The molecule has 0 aromatic heterocycles. The molecule has 0 spiro atoms. The Kier molecular flexibility index (Phi) is 4.73. The van der Waals surface area contributed by atoms with Crippen LogP contribution < -0.4 is 15.8 Å². The fourth-order valence-electron chi connectivity index (χ4n) is 2.83. The quantitative estimate of drug-likeness (QED) is 0.793. The lowest BCUT2D eigenvalue weighted by Gasteiger charge is -2.39. The predicted octanol–water partition coefficient (Wildman–Crippen LogP) is 2.04. The van der Waals surface area contributed by atoms with Crippen molar-refractivity contribution in [3.8, 4) is 11.5 Å². The van der Waals surface area contributed by atoms with Crippen molar-refractivity contribution in [3.63, 3.8) is 0 Å². The van der Waals surface area contributed by atoms with Gasteiger partial charge in [0.2, 0.25) is 0 Å². The van der Waals surface area contributed by atoms with Crippen LogP contribution >= 0.6 is 0 Å². The molecule has 1 aromatic carbocycles. The standard InChI is InChI=1S/C16H24N2O3/c1-11-5-7-16(10-17,8-6-11)18-15(20)13-4-3-12(21-2)9-14(13)19/h3-4,9,11,19H,5-8,10,17H2,1-2H3,(H,18,20). The Bertz CT molecular complexity index is 508. The Morgan fingerprint density at radius 3 is 2.67 bits per heavy atom. The molecule has 21 heavy (non-hydrogen) atoms. The van der Waals surface area contributed by atoms with Gasteiger partial charge in [-0.1, -0.05) is 6.92 Å². The van der Waals surface area contributed by atoms with E-state index < -0.39 is 0 Å². The molecule has 0 aliphatic heterocycles. The van der Waals surface area contributed by atoms with Crippen LogP contribution in [0, 0.1) is 5.92 Å². The van der Waals surface area contributed by atoms with Crippen molar-refractivity contribution in [2.75, 3.05) is 13.7 Å². The lowest BCUT2D eigenvalue weighted by molar-refractivity contribution is 0.0857. The Morgan fingerprint density at radius 2 is 2.14 bits per heavy atom. The highest BCUT2D eigenvalue weighted by molar-refractivity contribution is 5.97. The zero-order valence-corrected chi connectivity index (χ0v) is 12.7. The van der Waals surface area contributed by atoms with E-state index in [1.165, 1.54) is 13.2 Å². The van der Waals surface area contributed by atoms with Gasteiger partial charge < -0.3 is 20.9 Å². The van der Waals surface area contributed by atoms with Gasteiger partial charge in [-0.15, -0.1) is 0 Å². The molecule has 4 N–H and O–H groups in total. The van der Waals surface area contributed by atoms with E-state index >= 15 is 0 Å². The number of benzene rings is 1. The zero-order chi connectivity index (χ0) is 15.5. The van der Waals surface area contributed by atoms with Crippen LogP contribution in [0.1, 0.15) is 43.0 Å². The van der Waals surface area contributed by atoms with Gasteiger partial charge in [0.25, 0.3) is 5.91 Å². The number of aromatic hydroxyl groups is 1. The predicted molar refractivity (Wildman–Crippen MR) is 81.5 cm³/mol. The first kappa shape index (κ1) is 15.6. The molecule has 0 heterocycles. The Hall–Kier alpha value is -1.75. The summed E-state index contributed by atoms with van der Waals surface area (Å²) in [5, 5.41) is 13.0. The fourth-order valence-corrected chi connectivity index (χ4v) is 2.83. The summed E-state index contributed by atoms with van der Waals surface area (Å²) in [5.41, 5.74) is 5.80. The van der Waals surface area contributed by atoms with Crippen LogP contribution in [0.25, 0.3) is 0 Å². The Labute approximate surface area is 125 Å². The monoisotopic (exact) mass is 292 g/mol. The third-order valence-electron chi connectivity index (χ3n) is 4.45. The van der Waals surface area contributed by atoms with E-state index in [1.54, 1.807) is 12.1 Å². The number of carbonyl (C=O) groups is 1. The fraction of sp³-hybridized carbons (Fsp3) is 0.562. The van der Waals surface area contributed by atoms with Gasteiger partial charge in [0.1, 0.15) is 11.5 Å². The number of phenolic OH excluding ortho intramolecular Hbond substituents is 1. The van der Waals surface area contributed by atoms with Gasteiger partial charge in [-0.2, -0.15) is 0 Å². The molecule has 2 rings (SSSR count). The topological polar surface area (TPSA) is 84.6 Å². The van der Waals surface area contributed by atoms with Gasteiger partial charge in [-0.05, 0) is 43.7 Å². The largest absolute Gasteiger partial charge is 0.507 e. The number of phenols is 1. The van der Waals surface area contributed by atoms with Gasteiger partial charge in [-0.3, -0.25) is 4.79 Å². The number of ether oxygens (including phenoxy) is 1. The average Bonchev–Trinajstić information content (AvgIpc) is 2.49. The van der Waals surface area contributed by atoms with Crippen molar-refractivity contribution in [1.29, 1.82) is 0 Å². The molecule has 1 aromatic rings. The molecule has 1 aliphatic carbocycles. The van der Waals surface area contributed by atoms with Crippen molar-refractivity contribution in [1.82, 2.24) is 5.32 Å². The smallest absolute Gasteiger partial charge is 0.255 e. The minimum Gasteiger partial charge on any atom is -0.507 e. The molecule has 5 nitrogen and oxygen atoms in total. The van der Waals surface area contributed by atoms with Crippen LogP contribution in [0.15, 0.2) is 18.2 Å².